The summed E-state index contributed by atoms with van der Waals surface area (Å²) in [6, 6.07) is 17.3. The van der Waals surface area contributed by atoms with E-state index in [4.69, 9.17) is 5.73 Å². The van der Waals surface area contributed by atoms with Crippen molar-refractivity contribution < 1.29 is 0 Å². The van der Waals surface area contributed by atoms with Gasteiger partial charge in [0.2, 0.25) is 0 Å². The minimum atomic E-state index is 0.229. The quantitative estimate of drug-likeness (QED) is 0.796. The van der Waals surface area contributed by atoms with Crippen molar-refractivity contribution in [3.05, 3.63) is 72.1 Å². The van der Waals surface area contributed by atoms with Crippen molar-refractivity contribution in [3.8, 4) is 16.8 Å². The minimum absolute atomic E-state index is 0.229. The highest BCUT2D eigenvalue weighted by Gasteiger charge is 2.42. The summed E-state index contributed by atoms with van der Waals surface area (Å²) in [5.74, 6) is 0. The maximum atomic E-state index is 5.98. The second kappa shape index (κ2) is 5.36. The predicted molar refractivity (Wildman–Crippen MR) is 93.7 cm³/mol. The normalized spacial score (nSPS) is 15.6. The van der Waals surface area contributed by atoms with Gasteiger partial charge >= 0.3 is 0 Å². The van der Waals surface area contributed by atoms with Crippen LogP contribution in [-0.2, 0) is 5.41 Å². The van der Waals surface area contributed by atoms with E-state index in [-0.39, 0.29) is 5.41 Å². The molecule has 1 fully saturated rings. The topological polar surface area (TPSA) is 43.8 Å². The van der Waals surface area contributed by atoms with Gasteiger partial charge < -0.3 is 5.73 Å². The largest absolute Gasteiger partial charge is 0.330 e. The predicted octanol–water partition coefficient (Wildman–Crippen LogP) is 3.84. The molecule has 1 heterocycles. The van der Waals surface area contributed by atoms with Crippen LogP contribution in [0, 0.1) is 6.92 Å². The first-order valence-corrected chi connectivity index (χ1v) is 8.13. The molecule has 0 amide bonds. The van der Waals surface area contributed by atoms with E-state index in [0.29, 0.717) is 0 Å². The molecule has 0 bridgehead atoms. The molecule has 3 aromatic rings. The van der Waals surface area contributed by atoms with Crippen LogP contribution in [0.1, 0.15) is 24.0 Å². The van der Waals surface area contributed by atoms with Gasteiger partial charge in [0.25, 0.3) is 0 Å². The second-order valence-corrected chi connectivity index (χ2v) is 6.58. The third kappa shape index (κ3) is 2.57. The lowest BCUT2D eigenvalue weighted by molar-refractivity contribution is 0.705. The third-order valence-electron chi connectivity index (χ3n) is 4.87. The molecule has 3 heteroatoms. The van der Waals surface area contributed by atoms with Crippen LogP contribution in [0.4, 0.5) is 0 Å². The summed E-state index contributed by atoms with van der Waals surface area (Å²) in [5.41, 5.74) is 12.3. The zero-order chi connectivity index (χ0) is 15.9. The van der Waals surface area contributed by atoms with Crippen LogP contribution in [0.15, 0.2) is 60.9 Å². The van der Waals surface area contributed by atoms with E-state index in [0.717, 1.165) is 17.8 Å². The van der Waals surface area contributed by atoms with Gasteiger partial charge in [0.15, 0.2) is 0 Å². The Morgan fingerprint density at radius 1 is 1.09 bits per heavy atom. The zero-order valence-electron chi connectivity index (χ0n) is 13.4. The van der Waals surface area contributed by atoms with Crippen molar-refractivity contribution in [1.29, 1.82) is 0 Å². The van der Waals surface area contributed by atoms with Gasteiger partial charge in [-0.25, -0.2) is 4.68 Å². The SMILES string of the molecule is Cc1cnn(-c2cccc(-c3cccc(C4(CN)CC4)c3)c2)c1. The number of nitrogens with two attached hydrogens (primary N) is 1. The molecule has 1 aliphatic carbocycles. The Kier molecular flexibility index (Phi) is 3.31. The van der Waals surface area contributed by atoms with Crippen molar-refractivity contribution in [3.63, 3.8) is 0 Å². The van der Waals surface area contributed by atoms with Gasteiger partial charge in [-0.15, -0.1) is 0 Å². The summed E-state index contributed by atoms with van der Waals surface area (Å²) in [6.45, 7) is 2.79. The highest BCUT2D eigenvalue weighted by atomic mass is 15.3. The fraction of sp³-hybridized carbons (Fsp3) is 0.250. The van der Waals surface area contributed by atoms with Crippen molar-refractivity contribution in [1.82, 2.24) is 9.78 Å². The summed E-state index contributed by atoms with van der Waals surface area (Å²) >= 11 is 0. The lowest BCUT2D eigenvalue weighted by Crippen LogP contribution is -2.19. The highest BCUT2D eigenvalue weighted by Crippen LogP contribution is 2.47. The van der Waals surface area contributed by atoms with Crippen LogP contribution in [-0.4, -0.2) is 16.3 Å². The van der Waals surface area contributed by atoms with Gasteiger partial charge in [0.05, 0.1) is 11.9 Å². The van der Waals surface area contributed by atoms with Crippen molar-refractivity contribution >= 4 is 0 Å². The van der Waals surface area contributed by atoms with Gasteiger partial charge in [-0.1, -0.05) is 36.4 Å². The van der Waals surface area contributed by atoms with Crippen LogP contribution in [0.3, 0.4) is 0 Å². The van der Waals surface area contributed by atoms with Crippen molar-refractivity contribution in [2.45, 2.75) is 25.2 Å². The van der Waals surface area contributed by atoms with E-state index in [9.17, 15) is 0 Å². The molecule has 1 aromatic heterocycles. The molecule has 0 atom stereocenters. The van der Waals surface area contributed by atoms with E-state index in [2.05, 4.69) is 60.6 Å². The first kappa shape index (κ1) is 14.2. The zero-order valence-corrected chi connectivity index (χ0v) is 13.4. The molecular weight excluding hydrogens is 282 g/mol. The molecule has 23 heavy (non-hydrogen) atoms. The fourth-order valence-electron chi connectivity index (χ4n) is 3.17. The number of hydrogen-bond acceptors (Lipinski definition) is 2. The summed E-state index contributed by atoms with van der Waals surface area (Å²) in [6.07, 6.45) is 6.34. The number of aromatic nitrogens is 2. The number of nitrogens with zero attached hydrogens (tertiary/aromatic N) is 2. The van der Waals surface area contributed by atoms with Crippen LogP contribution in [0.25, 0.3) is 16.8 Å². The molecule has 0 aliphatic heterocycles. The van der Waals surface area contributed by atoms with Gasteiger partial charge in [0.1, 0.15) is 0 Å². The van der Waals surface area contributed by atoms with Crippen LogP contribution in [0.5, 0.6) is 0 Å². The molecule has 4 rings (SSSR count). The molecule has 0 radical (unpaired) electrons. The second-order valence-electron chi connectivity index (χ2n) is 6.58. The maximum absolute atomic E-state index is 5.98. The summed E-state index contributed by atoms with van der Waals surface area (Å²) < 4.78 is 1.92. The molecule has 116 valence electrons. The third-order valence-corrected chi connectivity index (χ3v) is 4.87. The Bertz CT molecular complexity index is 843. The Hall–Kier alpha value is -2.39. The molecule has 1 aliphatic rings. The Balaban J connectivity index is 1.72. The van der Waals surface area contributed by atoms with Gasteiger partial charge in [-0.2, -0.15) is 5.10 Å². The Morgan fingerprint density at radius 3 is 2.48 bits per heavy atom. The van der Waals surface area contributed by atoms with E-state index >= 15 is 0 Å². The highest BCUT2D eigenvalue weighted by molar-refractivity contribution is 5.67. The first-order valence-electron chi connectivity index (χ1n) is 8.13. The molecule has 3 nitrogen and oxygen atoms in total. The van der Waals surface area contributed by atoms with Gasteiger partial charge in [0, 0.05) is 18.2 Å². The summed E-state index contributed by atoms with van der Waals surface area (Å²) in [7, 11) is 0. The lowest BCUT2D eigenvalue weighted by atomic mass is 9.92. The van der Waals surface area contributed by atoms with E-state index in [1.807, 2.05) is 17.1 Å². The maximum Gasteiger partial charge on any atom is 0.0651 e. The Morgan fingerprint density at radius 2 is 1.83 bits per heavy atom. The number of aryl methyl sites for hydroxylation is 1. The van der Waals surface area contributed by atoms with E-state index in [1.54, 1.807) is 0 Å². The van der Waals surface area contributed by atoms with E-state index in [1.165, 1.54) is 29.5 Å². The number of rotatable bonds is 4. The first-order chi connectivity index (χ1) is 11.2. The van der Waals surface area contributed by atoms with Crippen LogP contribution < -0.4 is 5.73 Å². The van der Waals surface area contributed by atoms with Gasteiger partial charge in [-0.05, 0) is 54.2 Å². The van der Waals surface area contributed by atoms with Crippen molar-refractivity contribution in [2.75, 3.05) is 6.54 Å². The lowest BCUT2D eigenvalue weighted by Gasteiger charge is -2.14. The van der Waals surface area contributed by atoms with Crippen LogP contribution >= 0.6 is 0 Å². The van der Waals surface area contributed by atoms with Gasteiger partial charge in [-0.3, -0.25) is 0 Å². The number of hydrogen-bond donors (Lipinski definition) is 1. The average molecular weight is 303 g/mol. The number of benzene rings is 2. The molecule has 0 saturated heterocycles. The molecule has 0 spiro atoms. The molecular formula is C20H21N3. The van der Waals surface area contributed by atoms with Crippen LogP contribution in [0.2, 0.25) is 0 Å². The Labute approximate surface area is 136 Å². The smallest absolute Gasteiger partial charge is 0.0651 e. The molecule has 2 aromatic carbocycles. The summed E-state index contributed by atoms with van der Waals surface area (Å²) in [5, 5.41) is 4.40. The molecule has 2 N–H and O–H groups in total. The molecule has 1 saturated carbocycles. The average Bonchev–Trinajstić information content (AvgIpc) is 3.29. The monoisotopic (exact) mass is 303 g/mol. The fourth-order valence-corrected chi connectivity index (χ4v) is 3.17. The summed E-state index contributed by atoms with van der Waals surface area (Å²) in [4.78, 5) is 0. The van der Waals surface area contributed by atoms with Crippen molar-refractivity contribution in [2.24, 2.45) is 5.73 Å². The minimum Gasteiger partial charge on any atom is -0.330 e. The van der Waals surface area contributed by atoms with E-state index < -0.39 is 0 Å². The molecule has 0 unspecified atom stereocenters. The standard InChI is InChI=1S/C20H21N3/c1-15-12-22-23(13-15)19-7-3-5-17(11-19)16-4-2-6-18(10-16)20(14-21)8-9-20/h2-7,10-13H,8-9,14,21H2,1H3.